The molecule has 0 unspecified atom stereocenters. The number of carbonyl (C=O) groups excluding carboxylic acids is 1. The van der Waals surface area contributed by atoms with Gasteiger partial charge in [-0.25, -0.2) is 4.98 Å². The number of oxazole rings is 1. The lowest BCUT2D eigenvalue weighted by atomic mass is 10.2. The first kappa shape index (κ1) is 18.7. The number of piperazine rings is 1. The number of carbonyl (C=O) groups is 1. The first-order valence-corrected chi connectivity index (χ1v) is 9.50. The molecule has 1 saturated heterocycles. The normalized spacial score (nSPS) is 15.6. The second-order valence-electron chi connectivity index (χ2n) is 6.77. The third kappa shape index (κ3) is 4.81. The number of halogens is 1. The van der Waals surface area contributed by atoms with E-state index in [1.807, 2.05) is 6.07 Å². The Hall–Kier alpha value is -2.61. The number of aromatic nitrogens is 1. The van der Waals surface area contributed by atoms with E-state index in [4.69, 9.17) is 20.4 Å². The van der Waals surface area contributed by atoms with Crippen molar-refractivity contribution >= 4 is 23.2 Å². The summed E-state index contributed by atoms with van der Waals surface area (Å²) in [7, 11) is 0. The average molecular weight is 401 g/mol. The van der Waals surface area contributed by atoms with Gasteiger partial charge in [-0.05, 0) is 30.3 Å². The highest BCUT2D eigenvalue weighted by molar-refractivity contribution is 6.30. The van der Waals surface area contributed by atoms with Gasteiger partial charge >= 0.3 is 0 Å². The Balaban J connectivity index is 1.26. The van der Waals surface area contributed by atoms with E-state index in [1.54, 1.807) is 36.8 Å². The van der Waals surface area contributed by atoms with Crippen LogP contribution in [0.2, 0.25) is 5.02 Å². The average Bonchev–Trinajstić information content (AvgIpc) is 3.37. The maximum atomic E-state index is 12.3. The SMILES string of the molecule is O=C(Nc1ccc(Cl)cc1)c1coc(CN2CCN(Cc3ccoc3)CC2)n1. The molecule has 0 aliphatic carbocycles. The second kappa shape index (κ2) is 8.60. The van der Waals surface area contributed by atoms with Crippen molar-refractivity contribution in [2.24, 2.45) is 0 Å². The Morgan fingerprint density at radius 1 is 1.04 bits per heavy atom. The van der Waals surface area contributed by atoms with Crippen molar-refractivity contribution in [2.75, 3.05) is 31.5 Å². The maximum absolute atomic E-state index is 12.3. The van der Waals surface area contributed by atoms with E-state index in [1.165, 1.54) is 11.8 Å². The number of hydrogen-bond donors (Lipinski definition) is 1. The summed E-state index contributed by atoms with van der Waals surface area (Å²) in [5.41, 5.74) is 2.12. The molecule has 0 spiro atoms. The number of anilines is 1. The molecule has 0 radical (unpaired) electrons. The number of rotatable bonds is 6. The predicted octanol–water partition coefficient (Wildman–Crippen LogP) is 3.49. The Morgan fingerprint density at radius 3 is 2.43 bits per heavy atom. The topological polar surface area (TPSA) is 74.8 Å². The summed E-state index contributed by atoms with van der Waals surface area (Å²) in [5, 5.41) is 3.40. The van der Waals surface area contributed by atoms with Crippen LogP contribution in [0.3, 0.4) is 0 Å². The number of nitrogens with one attached hydrogen (secondary N) is 1. The first-order chi connectivity index (χ1) is 13.7. The van der Waals surface area contributed by atoms with Gasteiger partial charge in [-0.2, -0.15) is 0 Å². The van der Waals surface area contributed by atoms with Crippen LogP contribution in [-0.2, 0) is 13.1 Å². The molecule has 1 aromatic carbocycles. The van der Waals surface area contributed by atoms with Gasteiger partial charge in [0, 0.05) is 49.0 Å². The van der Waals surface area contributed by atoms with Crippen LogP contribution in [-0.4, -0.2) is 46.9 Å². The molecule has 4 rings (SSSR count). The van der Waals surface area contributed by atoms with Crippen LogP contribution in [0.1, 0.15) is 21.9 Å². The van der Waals surface area contributed by atoms with Crippen molar-refractivity contribution in [3.05, 3.63) is 71.3 Å². The maximum Gasteiger partial charge on any atom is 0.277 e. The molecule has 1 fully saturated rings. The molecule has 0 saturated carbocycles. The highest BCUT2D eigenvalue weighted by atomic mass is 35.5. The molecular formula is C20H21ClN4O3. The van der Waals surface area contributed by atoms with E-state index < -0.39 is 0 Å². The van der Waals surface area contributed by atoms with Crippen molar-refractivity contribution in [1.29, 1.82) is 0 Å². The Bertz CT molecular complexity index is 900. The Kier molecular flexibility index (Phi) is 5.76. The smallest absolute Gasteiger partial charge is 0.277 e. The Morgan fingerprint density at radius 2 is 1.75 bits per heavy atom. The second-order valence-corrected chi connectivity index (χ2v) is 7.21. The van der Waals surface area contributed by atoms with Crippen LogP contribution in [0, 0.1) is 0 Å². The van der Waals surface area contributed by atoms with E-state index >= 15 is 0 Å². The van der Waals surface area contributed by atoms with Gasteiger partial charge < -0.3 is 14.2 Å². The van der Waals surface area contributed by atoms with Crippen molar-refractivity contribution < 1.29 is 13.6 Å². The summed E-state index contributed by atoms with van der Waals surface area (Å²) in [5.74, 6) is 0.242. The van der Waals surface area contributed by atoms with Crippen LogP contribution in [0.25, 0.3) is 0 Å². The minimum atomic E-state index is -0.303. The molecule has 0 atom stereocenters. The molecule has 28 heavy (non-hydrogen) atoms. The van der Waals surface area contributed by atoms with Gasteiger partial charge in [0.1, 0.15) is 6.26 Å². The minimum Gasteiger partial charge on any atom is -0.472 e. The van der Waals surface area contributed by atoms with E-state index in [9.17, 15) is 4.79 Å². The standard InChI is InChI=1S/C20H21ClN4O3/c21-16-1-3-17(4-2-16)22-20(26)18-14-28-19(23-18)12-25-8-6-24(7-9-25)11-15-5-10-27-13-15/h1-5,10,13-14H,6-9,11-12H2,(H,22,26). The van der Waals surface area contributed by atoms with Gasteiger partial charge in [-0.1, -0.05) is 11.6 Å². The van der Waals surface area contributed by atoms with Gasteiger partial charge in [-0.15, -0.1) is 0 Å². The lowest BCUT2D eigenvalue weighted by Gasteiger charge is -2.33. The highest BCUT2D eigenvalue weighted by Crippen LogP contribution is 2.15. The van der Waals surface area contributed by atoms with Crippen molar-refractivity contribution in [3.63, 3.8) is 0 Å². The van der Waals surface area contributed by atoms with Crippen LogP contribution >= 0.6 is 11.6 Å². The fourth-order valence-corrected chi connectivity index (χ4v) is 3.28. The van der Waals surface area contributed by atoms with E-state index in [0.29, 0.717) is 23.1 Å². The van der Waals surface area contributed by atoms with E-state index in [0.717, 1.165) is 32.7 Å². The first-order valence-electron chi connectivity index (χ1n) is 9.13. The Labute approximate surface area is 167 Å². The van der Waals surface area contributed by atoms with Gasteiger partial charge in [0.05, 0.1) is 19.1 Å². The third-order valence-corrected chi connectivity index (χ3v) is 4.95. The molecule has 3 aromatic rings. The molecule has 146 valence electrons. The highest BCUT2D eigenvalue weighted by Gasteiger charge is 2.20. The molecule has 1 aliphatic heterocycles. The van der Waals surface area contributed by atoms with Gasteiger partial charge in [0.15, 0.2) is 5.69 Å². The lowest BCUT2D eigenvalue weighted by Crippen LogP contribution is -2.45. The quantitative estimate of drug-likeness (QED) is 0.682. The summed E-state index contributed by atoms with van der Waals surface area (Å²) < 4.78 is 10.6. The summed E-state index contributed by atoms with van der Waals surface area (Å²) in [6, 6.07) is 8.92. The lowest BCUT2D eigenvalue weighted by molar-refractivity contribution is 0.102. The number of hydrogen-bond acceptors (Lipinski definition) is 6. The molecule has 2 aromatic heterocycles. The van der Waals surface area contributed by atoms with Gasteiger partial charge in [0.2, 0.25) is 5.89 Å². The van der Waals surface area contributed by atoms with Gasteiger partial charge in [-0.3, -0.25) is 14.6 Å². The summed E-state index contributed by atoms with van der Waals surface area (Å²) >= 11 is 5.85. The summed E-state index contributed by atoms with van der Waals surface area (Å²) in [6.45, 7) is 5.27. The molecule has 3 heterocycles. The fraction of sp³-hybridized carbons (Fsp3) is 0.300. The monoisotopic (exact) mass is 400 g/mol. The largest absolute Gasteiger partial charge is 0.472 e. The van der Waals surface area contributed by atoms with Crippen LogP contribution in [0.5, 0.6) is 0 Å². The van der Waals surface area contributed by atoms with Crippen molar-refractivity contribution in [1.82, 2.24) is 14.8 Å². The zero-order valence-electron chi connectivity index (χ0n) is 15.3. The molecule has 1 amide bonds. The van der Waals surface area contributed by atoms with Crippen LogP contribution in [0.15, 0.2) is 58.0 Å². The molecular weight excluding hydrogens is 380 g/mol. The van der Waals surface area contributed by atoms with E-state index in [-0.39, 0.29) is 11.6 Å². The molecule has 0 bridgehead atoms. The summed E-state index contributed by atoms with van der Waals surface area (Å²) in [4.78, 5) is 21.3. The third-order valence-electron chi connectivity index (χ3n) is 4.70. The molecule has 1 N–H and O–H groups in total. The molecule has 8 heteroatoms. The number of furan rings is 1. The summed E-state index contributed by atoms with van der Waals surface area (Å²) in [6.07, 6.45) is 4.89. The van der Waals surface area contributed by atoms with E-state index in [2.05, 4.69) is 20.1 Å². The van der Waals surface area contributed by atoms with Crippen LogP contribution in [0.4, 0.5) is 5.69 Å². The zero-order chi connectivity index (χ0) is 19.3. The number of nitrogens with zero attached hydrogens (tertiary/aromatic N) is 3. The van der Waals surface area contributed by atoms with Gasteiger partial charge in [0.25, 0.3) is 5.91 Å². The van der Waals surface area contributed by atoms with Crippen molar-refractivity contribution in [2.45, 2.75) is 13.1 Å². The van der Waals surface area contributed by atoms with Crippen LogP contribution < -0.4 is 5.32 Å². The fourth-order valence-electron chi connectivity index (χ4n) is 3.15. The van der Waals surface area contributed by atoms with Crippen molar-refractivity contribution in [3.8, 4) is 0 Å². The number of amides is 1. The molecule has 1 aliphatic rings. The minimum absolute atomic E-state index is 0.267. The number of benzene rings is 1. The predicted molar refractivity (Wildman–Crippen MR) is 105 cm³/mol. The zero-order valence-corrected chi connectivity index (χ0v) is 16.1. The molecule has 7 nitrogen and oxygen atoms in total.